The van der Waals surface area contributed by atoms with Gasteiger partial charge in [-0.3, -0.25) is 9.21 Å². The first-order chi connectivity index (χ1) is 16.1. The van der Waals surface area contributed by atoms with Gasteiger partial charge in [-0.2, -0.15) is 5.26 Å². The minimum atomic E-state index is -1.12. The number of methoxy groups -OCH3 is 1. The molecular formula is C25H30N4O3S. The van der Waals surface area contributed by atoms with E-state index in [0.29, 0.717) is 11.3 Å². The number of fused-ring (bicyclic) bond motifs is 1. The number of ether oxygens (including phenoxy) is 2. The lowest BCUT2D eigenvalue weighted by atomic mass is 10.1. The van der Waals surface area contributed by atoms with Crippen molar-refractivity contribution < 1.29 is 13.7 Å². The molecule has 0 bridgehead atoms. The number of nitrogens with zero attached hydrogens (tertiary/aromatic N) is 4. The molecule has 0 amide bonds. The fourth-order valence-electron chi connectivity index (χ4n) is 4.31. The Kier molecular flexibility index (Phi) is 7.33. The van der Waals surface area contributed by atoms with Crippen molar-refractivity contribution in [3.8, 4) is 23.1 Å². The zero-order chi connectivity index (χ0) is 23.4. The Hall–Kier alpha value is -2.86. The highest BCUT2D eigenvalue weighted by atomic mass is 32.2. The molecule has 3 aromatic rings. The third kappa shape index (κ3) is 4.76. The van der Waals surface area contributed by atoms with Gasteiger partial charge in [-0.1, -0.05) is 12.1 Å². The van der Waals surface area contributed by atoms with Gasteiger partial charge in [0.15, 0.2) is 0 Å². The first kappa shape index (κ1) is 23.3. The topological polar surface area (TPSA) is 70.7 Å². The van der Waals surface area contributed by atoms with E-state index in [9.17, 15) is 9.47 Å². The Morgan fingerprint density at radius 3 is 2.55 bits per heavy atom. The third-order valence-electron chi connectivity index (χ3n) is 6.20. The fraction of sp³-hybridized carbons (Fsp3) is 0.400. The summed E-state index contributed by atoms with van der Waals surface area (Å²) in [5.74, 6) is 1.35. The van der Waals surface area contributed by atoms with Gasteiger partial charge in [-0.15, -0.1) is 0 Å². The summed E-state index contributed by atoms with van der Waals surface area (Å²) >= 11 is 0. The van der Waals surface area contributed by atoms with E-state index in [1.807, 2.05) is 53.8 Å². The Morgan fingerprint density at radius 1 is 1.18 bits per heavy atom. The number of benzene rings is 2. The van der Waals surface area contributed by atoms with Gasteiger partial charge in [0.05, 0.1) is 42.9 Å². The van der Waals surface area contributed by atoms with Gasteiger partial charge >= 0.3 is 0 Å². The molecule has 1 unspecified atom stereocenters. The summed E-state index contributed by atoms with van der Waals surface area (Å²) in [4.78, 5) is 2.29. The quantitative estimate of drug-likeness (QED) is 0.507. The summed E-state index contributed by atoms with van der Waals surface area (Å²) in [7, 11) is 2.39. The minimum Gasteiger partial charge on any atom is -0.497 e. The molecule has 0 N–H and O–H groups in total. The summed E-state index contributed by atoms with van der Waals surface area (Å²) in [6.45, 7) is 6.88. The van der Waals surface area contributed by atoms with E-state index in [-0.39, 0.29) is 0 Å². The highest BCUT2D eigenvalue weighted by molar-refractivity contribution is 7.86. The predicted octanol–water partition coefficient (Wildman–Crippen LogP) is 3.64. The summed E-state index contributed by atoms with van der Waals surface area (Å²) < 4.78 is 27.6. The predicted molar refractivity (Wildman–Crippen MR) is 133 cm³/mol. The third-order valence-corrected chi connectivity index (χ3v) is 7.55. The number of aryl methyl sites for hydroxylation is 1. The Bertz CT molecular complexity index is 1180. The Balaban J connectivity index is 1.57. The number of aromatic nitrogens is 1. The van der Waals surface area contributed by atoms with Crippen molar-refractivity contribution in [3.05, 3.63) is 48.0 Å². The van der Waals surface area contributed by atoms with Crippen LogP contribution in [-0.4, -0.2) is 66.4 Å². The Morgan fingerprint density at radius 2 is 1.91 bits per heavy atom. The van der Waals surface area contributed by atoms with E-state index in [1.54, 1.807) is 7.11 Å². The fourth-order valence-corrected chi connectivity index (χ4v) is 5.36. The minimum absolute atomic E-state index is 0.586. The summed E-state index contributed by atoms with van der Waals surface area (Å²) in [6.07, 6.45) is 0. The van der Waals surface area contributed by atoms with Gasteiger partial charge in [-0.25, -0.2) is 4.21 Å². The van der Waals surface area contributed by atoms with Gasteiger partial charge in [0, 0.05) is 50.4 Å². The first-order valence-corrected chi connectivity index (χ1v) is 12.5. The molecule has 4 rings (SSSR count). The van der Waals surface area contributed by atoms with E-state index >= 15 is 0 Å². The number of hydrogen-bond donors (Lipinski definition) is 0. The first-order valence-electron chi connectivity index (χ1n) is 11.2. The molecule has 2 heterocycles. The molecule has 1 aliphatic rings. The monoisotopic (exact) mass is 466 g/mol. The summed E-state index contributed by atoms with van der Waals surface area (Å²) in [5, 5.41) is 10.9. The number of anilines is 1. The highest BCUT2D eigenvalue weighted by Crippen LogP contribution is 2.36. The maximum atomic E-state index is 12.8. The molecule has 1 aromatic heterocycles. The zero-order valence-electron chi connectivity index (χ0n) is 19.4. The van der Waals surface area contributed by atoms with Crippen molar-refractivity contribution in [2.75, 3.05) is 57.1 Å². The van der Waals surface area contributed by atoms with Gasteiger partial charge in [0.2, 0.25) is 0 Å². The van der Waals surface area contributed by atoms with Gasteiger partial charge in [0.25, 0.3) is 0 Å². The number of hydrogen-bond acceptors (Lipinski definition) is 5. The van der Waals surface area contributed by atoms with Crippen LogP contribution in [0.3, 0.4) is 0 Å². The molecule has 174 valence electrons. The van der Waals surface area contributed by atoms with Crippen molar-refractivity contribution in [1.82, 2.24) is 9.47 Å². The summed E-state index contributed by atoms with van der Waals surface area (Å²) in [6, 6.07) is 16.2. The average molecular weight is 467 g/mol. The molecule has 33 heavy (non-hydrogen) atoms. The van der Waals surface area contributed by atoms with Crippen molar-refractivity contribution in [1.29, 1.82) is 5.26 Å². The molecule has 0 spiro atoms. The molecule has 2 aromatic carbocycles. The van der Waals surface area contributed by atoms with Crippen LogP contribution in [0.25, 0.3) is 22.2 Å². The van der Waals surface area contributed by atoms with Crippen LogP contribution in [0.5, 0.6) is 5.75 Å². The van der Waals surface area contributed by atoms with E-state index in [2.05, 4.69) is 22.5 Å². The van der Waals surface area contributed by atoms with Crippen LogP contribution < -0.4 is 9.04 Å². The van der Waals surface area contributed by atoms with Crippen molar-refractivity contribution >= 4 is 27.6 Å². The van der Waals surface area contributed by atoms with E-state index in [0.717, 1.165) is 73.0 Å². The van der Waals surface area contributed by atoms with Crippen molar-refractivity contribution in [3.63, 3.8) is 0 Å². The lowest BCUT2D eigenvalue weighted by Gasteiger charge is -2.27. The molecule has 0 aliphatic carbocycles. The van der Waals surface area contributed by atoms with Crippen LogP contribution in [0.15, 0.2) is 42.5 Å². The standard InChI is InChI=1S/C25H30N4O3S/c1-4-29-24-17-21(31-3)9-10-22(24)23(18-26)25(29)19-5-7-20(8-6-19)27(2)33(30)16-13-28-11-14-32-15-12-28/h5-10,17H,4,11-16H2,1-3H3. The molecule has 7 nitrogen and oxygen atoms in total. The number of nitriles is 1. The van der Waals surface area contributed by atoms with E-state index in [4.69, 9.17) is 9.47 Å². The molecule has 1 atom stereocenters. The lowest BCUT2D eigenvalue weighted by molar-refractivity contribution is 0.0409. The van der Waals surface area contributed by atoms with Crippen molar-refractivity contribution in [2.45, 2.75) is 13.5 Å². The molecule has 1 fully saturated rings. The molecule has 0 radical (unpaired) electrons. The van der Waals surface area contributed by atoms with Crippen molar-refractivity contribution in [2.24, 2.45) is 0 Å². The molecule has 0 saturated carbocycles. The van der Waals surface area contributed by atoms with Crippen LogP contribution in [0.1, 0.15) is 12.5 Å². The molecule has 1 saturated heterocycles. The molecular weight excluding hydrogens is 436 g/mol. The van der Waals surface area contributed by atoms with E-state index in [1.165, 1.54) is 0 Å². The second-order valence-electron chi connectivity index (χ2n) is 7.99. The SMILES string of the molecule is CCn1c(-c2ccc(N(C)S(=O)CCN3CCOCC3)cc2)c(C#N)c2ccc(OC)cc21. The average Bonchev–Trinajstić information content (AvgIpc) is 3.20. The van der Waals surface area contributed by atoms with Gasteiger partial charge < -0.3 is 14.0 Å². The van der Waals surface area contributed by atoms with Gasteiger partial charge in [-0.05, 0) is 36.8 Å². The molecule has 8 heteroatoms. The highest BCUT2D eigenvalue weighted by Gasteiger charge is 2.19. The summed E-state index contributed by atoms with van der Waals surface area (Å²) in [5.41, 5.74) is 4.38. The van der Waals surface area contributed by atoms with Gasteiger partial charge in [0.1, 0.15) is 22.8 Å². The smallest absolute Gasteiger partial charge is 0.120 e. The largest absolute Gasteiger partial charge is 0.497 e. The van der Waals surface area contributed by atoms with Crippen LogP contribution in [0.4, 0.5) is 5.69 Å². The van der Waals surface area contributed by atoms with Crippen LogP contribution >= 0.6 is 0 Å². The van der Waals surface area contributed by atoms with E-state index < -0.39 is 11.0 Å². The second-order valence-corrected chi connectivity index (χ2v) is 9.59. The number of rotatable bonds is 8. The molecule has 1 aliphatic heterocycles. The Labute approximate surface area is 197 Å². The van der Waals surface area contributed by atoms with Crippen LogP contribution in [0, 0.1) is 11.3 Å². The lowest BCUT2D eigenvalue weighted by Crippen LogP contribution is -2.39. The maximum Gasteiger partial charge on any atom is 0.120 e. The number of morpholine rings is 1. The van der Waals surface area contributed by atoms with Crippen LogP contribution in [-0.2, 0) is 22.3 Å². The maximum absolute atomic E-state index is 12.8. The normalized spacial score (nSPS) is 15.3. The van der Waals surface area contributed by atoms with Crippen LogP contribution in [0.2, 0.25) is 0 Å². The zero-order valence-corrected chi connectivity index (χ0v) is 20.2. The second kappa shape index (κ2) is 10.4.